The first-order chi connectivity index (χ1) is 13.5. The Kier molecular flexibility index (Phi) is 5.04. The van der Waals surface area contributed by atoms with Crippen molar-refractivity contribution in [3.63, 3.8) is 0 Å². The summed E-state index contributed by atoms with van der Waals surface area (Å²) in [5.74, 6) is -1.64. The van der Waals surface area contributed by atoms with E-state index in [1.807, 2.05) is 42.5 Å². The van der Waals surface area contributed by atoms with Crippen molar-refractivity contribution < 1.29 is 19.4 Å². The zero-order valence-electron chi connectivity index (χ0n) is 14.7. The molecule has 2 aromatic rings. The number of ether oxygens (including phenoxy) is 1. The highest BCUT2D eigenvalue weighted by Gasteiger charge is 2.49. The predicted octanol–water partition coefficient (Wildman–Crippen LogP) is 5.26. The fourth-order valence-corrected chi connectivity index (χ4v) is 4.58. The van der Waals surface area contributed by atoms with Gasteiger partial charge in [0.2, 0.25) is 0 Å². The van der Waals surface area contributed by atoms with Gasteiger partial charge in [-0.3, -0.25) is 4.90 Å². The van der Waals surface area contributed by atoms with E-state index in [0.717, 1.165) is 10.5 Å². The maximum Gasteiger partial charge on any atom is 0.415 e. The topological polar surface area (TPSA) is 66.8 Å². The number of rotatable bonds is 3. The van der Waals surface area contributed by atoms with Crippen molar-refractivity contribution in [3.05, 3.63) is 75.8 Å². The molecule has 3 atom stereocenters. The number of carboxylic acids is 1. The Hall–Kier alpha value is -2.50. The van der Waals surface area contributed by atoms with Crippen molar-refractivity contribution in [3.8, 4) is 0 Å². The molecule has 0 aromatic heterocycles. The second-order valence-electron chi connectivity index (χ2n) is 6.84. The van der Waals surface area contributed by atoms with E-state index in [2.05, 4.69) is 0 Å². The van der Waals surface area contributed by atoms with Gasteiger partial charge in [-0.05, 0) is 24.1 Å². The maximum absolute atomic E-state index is 13.0. The Balaban J connectivity index is 1.75. The van der Waals surface area contributed by atoms with Gasteiger partial charge < -0.3 is 9.84 Å². The highest BCUT2D eigenvalue weighted by molar-refractivity contribution is 6.37. The lowest BCUT2D eigenvalue weighted by Crippen LogP contribution is -2.53. The molecule has 1 aliphatic carbocycles. The van der Waals surface area contributed by atoms with E-state index in [0.29, 0.717) is 22.7 Å². The quantitative estimate of drug-likeness (QED) is 0.691. The summed E-state index contributed by atoms with van der Waals surface area (Å²) in [5.41, 5.74) is 1.78. The number of anilines is 1. The second-order valence-corrected chi connectivity index (χ2v) is 7.65. The van der Waals surface area contributed by atoms with E-state index in [1.165, 1.54) is 0 Å². The smallest absolute Gasteiger partial charge is 0.415 e. The summed E-state index contributed by atoms with van der Waals surface area (Å²) in [5, 5.41) is 10.6. The summed E-state index contributed by atoms with van der Waals surface area (Å²) in [7, 11) is 0. The minimum absolute atomic E-state index is 0.0301. The minimum Gasteiger partial charge on any atom is -0.480 e. The SMILES string of the molecule is O=C(O)[C@@H]1[C@@H]2CC=C[C@@H]2c2c(Cl)ccc(Cl)c2N1C(=O)OCc1ccccc1. The first-order valence-electron chi connectivity index (χ1n) is 8.86. The molecule has 4 rings (SSSR count). The van der Waals surface area contributed by atoms with Gasteiger partial charge in [0, 0.05) is 22.4 Å². The van der Waals surface area contributed by atoms with Gasteiger partial charge in [-0.2, -0.15) is 0 Å². The number of carbonyl (C=O) groups is 2. The average molecular weight is 418 g/mol. The molecule has 0 spiro atoms. The molecule has 1 amide bonds. The van der Waals surface area contributed by atoms with Crippen LogP contribution in [0.1, 0.15) is 23.5 Å². The van der Waals surface area contributed by atoms with Gasteiger partial charge in [0.15, 0.2) is 0 Å². The Labute approximate surface area is 172 Å². The Bertz CT molecular complexity index is 960. The van der Waals surface area contributed by atoms with Gasteiger partial charge in [-0.25, -0.2) is 9.59 Å². The van der Waals surface area contributed by atoms with Gasteiger partial charge in [0.25, 0.3) is 0 Å². The molecule has 28 heavy (non-hydrogen) atoms. The number of nitrogens with zero attached hydrogens (tertiary/aromatic N) is 1. The number of amides is 1. The molecule has 2 aliphatic rings. The molecule has 2 aromatic carbocycles. The lowest BCUT2D eigenvalue weighted by molar-refractivity contribution is -0.140. The van der Waals surface area contributed by atoms with Crippen molar-refractivity contribution in [1.82, 2.24) is 0 Å². The van der Waals surface area contributed by atoms with Crippen molar-refractivity contribution in [2.75, 3.05) is 4.90 Å². The third-order valence-corrected chi connectivity index (χ3v) is 5.87. The van der Waals surface area contributed by atoms with Crippen molar-refractivity contribution in [2.45, 2.75) is 25.0 Å². The molecule has 1 heterocycles. The molecule has 144 valence electrons. The van der Waals surface area contributed by atoms with Crippen molar-refractivity contribution in [2.24, 2.45) is 5.92 Å². The molecule has 7 heteroatoms. The minimum atomic E-state index is -1.10. The molecule has 1 aliphatic heterocycles. The van der Waals surface area contributed by atoms with Gasteiger partial charge in [0.1, 0.15) is 12.6 Å². The van der Waals surface area contributed by atoms with E-state index in [9.17, 15) is 14.7 Å². The Morgan fingerprint density at radius 2 is 1.82 bits per heavy atom. The molecular weight excluding hydrogens is 401 g/mol. The second kappa shape index (κ2) is 7.49. The third kappa shape index (κ3) is 3.15. The van der Waals surface area contributed by atoms with E-state index in [4.69, 9.17) is 27.9 Å². The van der Waals surface area contributed by atoms with Crippen LogP contribution >= 0.6 is 23.2 Å². The monoisotopic (exact) mass is 417 g/mol. The predicted molar refractivity (Wildman–Crippen MR) is 107 cm³/mol. The van der Waals surface area contributed by atoms with Crippen LogP contribution in [0.4, 0.5) is 10.5 Å². The number of hydrogen-bond acceptors (Lipinski definition) is 3. The number of fused-ring (bicyclic) bond motifs is 3. The molecule has 0 radical (unpaired) electrons. The van der Waals surface area contributed by atoms with Crippen LogP contribution in [0.3, 0.4) is 0 Å². The number of carbonyl (C=O) groups excluding carboxylic acids is 1. The van der Waals surface area contributed by atoms with Crippen LogP contribution in [0.25, 0.3) is 0 Å². The first kappa shape index (κ1) is 18.8. The summed E-state index contributed by atoms with van der Waals surface area (Å²) in [6, 6.07) is 11.3. The Morgan fingerprint density at radius 1 is 1.11 bits per heavy atom. The van der Waals surface area contributed by atoms with Crippen LogP contribution in [0.2, 0.25) is 10.0 Å². The number of aliphatic carboxylic acids is 1. The molecule has 0 fully saturated rings. The number of benzene rings is 2. The van der Waals surface area contributed by atoms with Crippen LogP contribution in [-0.2, 0) is 16.1 Å². The summed E-state index contributed by atoms with van der Waals surface area (Å²) in [4.78, 5) is 26.3. The summed E-state index contributed by atoms with van der Waals surface area (Å²) in [6.07, 6.45) is 3.64. The summed E-state index contributed by atoms with van der Waals surface area (Å²) < 4.78 is 5.45. The zero-order valence-corrected chi connectivity index (χ0v) is 16.2. The Morgan fingerprint density at radius 3 is 2.54 bits per heavy atom. The van der Waals surface area contributed by atoms with Crippen molar-refractivity contribution >= 4 is 41.0 Å². The third-order valence-electron chi connectivity index (χ3n) is 5.24. The van der Waals surface area contributed by atoms with Crippen LogP contribution in [-0.4, -0.2) is 23.2 Å². The molecular formula is C21H17Cl2NO4. The van der Waals surface area contributed by atoms with E-state index < -0.39 is 18.1 Å². The average Bonchev–Trinajstić information content (AvgIpc) is 3.17. The summed E-state index contributed by atoms with van der Waals surface area (Å²) in [6.45, 7) is 0.0301. The number of allylic oxidation sites excluding steroid dienone is 2. The molecule has 0 bridgehead atoms. The zero-order chi connectivity index (χ0) is 19.8. The fraction of sp³-hybridized carbons (Fsp3) is 0.238. The normalized spacial score (nSPS) is 22.5. The lowest BCUT2D eigenvalue weighted by Gasteiger charge is -2.42. The fourth-order valence-electron chi connectivity index (χ4n) is 4.04. The molecule has 1 N–H and O–H groups in total. The highest BCUT2D eigenvalue weighted by atomic mass is 35.5. The van der Waals surface area contributed by atoms with E-state index in [-0.39, 0.29) is 23.5 Å². The van der Waals surface area contributed by atoms with E-state index in [1.54, 1.807) is 12.1 Å². The van der Waals surface area contributed by atoms with Crippen LogP contribution < -0.4 is 4.90 Å². The number of carboxylic acid groups (broad SMARTS) is 1. The first-order valence-corrected chi connectivity index (χ1v) is 9.62. The van der Waals surface area contributed by atoms with Crippen LogP contribution in [0.15, 0.2) is 54.6 Å². The van der Waals surface area contributed by atoms with Crippen molar-refractivity contribution in [1.29, 1.82) is 0 Å². The largest absolute Gasteiger partial charge is 0.480 e. The lowest BCUT2D eigenvalue weighted by atomic mass is 9.78. The van der Waals surface area contributed by atoms with Crippen LogP contribution in [0.5, 0.6) is 0 Å². The van der Waals surface area contributed by atoms with Gasteiger partial charge >= 0.3 is 12.1 Å². The number of hydrogen-bond donors (Lipinski definition) is 1. The molecule has 0 unspecified atom stereocenters. The highest BCUT2D eigenvalue weighted by Crippen LogP contribution is 2.52. The van der Waals surface area contributed by atoms with Gasteiger partial charge in [0.05, 0.1) is 10.7 Å². The van der Waals surface area contributed by atoms with Crippen LogP contribution in [0, 0.1) is 5.92 Å². The summed E-state index contributed by atoms with van der Waals surface area (Å²) >= 11 is 12.8. The van der Waals surface area contributed by atoms with Gasteiger partial charge in [-0.1, -0.05) is 65.7 Å². The molecule has 0 saturated carbocycles. The standard InChI is InChI=1S/C21H17Cl2NO4/c22-15-9-10-16(23)19-17(15)13-7-4-8-14(13)18(20(25)26)24(19)21(27)28-11-12-5-2-1-3-6-12/h1-7,9-10,13-14,18H,8,11H2,(H,25,26)/t13-,14+,18-/m0/s1. The van der Waals surface area contributed by atoms with Gasteiger partial charge in [-0.15, -0.1) is 0 Å². The maximum atomic E-state index is 13.0. The molecule has 0 saturated heterocycles. The van der Waals surface area contributed by atoms with E-state index >= 15 is 0 Å². The number of halogens is 2. The molecule has 5 nitrogen and oxygen atoms in total.